The Morgan fingerprint density at radius 3 is 2.90 bits per heavy atom. The number of hydrogen-bond donors (Lipinski definition) is 1. The number of rotatable bonds is 6. The van der Waals surface area contributed by atoms with Gasteiger partial charge in [-0.1, -0.05) is 38.0 Å². The lowest BCUT2D eigenvalue weighted by Gasteiger charge is -2.28. The van der Waals surface area contributed by atoms with Gasteiger partial charge in [-0.2, -0.15) is 0 Å². The average Bonchev–Trinajstić information content (AvgIpc) is 2.42. The molecule has 0 aliphatic heterocycles. The average molecular weight is 275 g/mol. The summed E-state index contributed by atoms with van der Waals surface area (Å²) in [5.74, 6) is 1.89. The van der Waals surface area contributed by atoms with Crippen molar-refractivity contribution in [2.45, 2.75) is 65.5 Å². The largest absolute Gasteiger partial charge is 0.490 e. The molecule has 0 heterocycles. The minimum Gasteiger partial charge on any atom is -0.490 e. The first kappa shape index (κ1) is 15.4. The summed E-state index contributed by atoms with van der Waals surface area (Å²) in [6.07, 6.45) is 6.66. The van der Waals surface area contributed by atoms with Gasteiger partial charge < -0.3 is 10.1 Å². The Morgan fingerprint density at radius 2 is 2.15 bits per heavy atom. The van der Waals surface area contributed by atoms with Crippen LogP contribution in [0.1, 0.15) is 57.1 Å². The van der Waals surface area contributed by atoms with Gasteiger partial charge in [-0.3, -0.25) is 0 Å². The van der Waals surface area contributed by atoms with Gasteiger partial charge in [-0.15, -0.1) is 0 Å². The van der Waals surface area contributed by atoms with Gasteiger partial charge in [0.25, 0.3) is 0 Å². The lowest BCUT2D eigenvalue weighted by Crippen LogP contribution is -2.25. The van der Waals surface area contributed by atoms with Crippen LogP contribution < -0.4 is 10.1 Å². The fraction of sp³-hybridized carbons (Fsp3) is 0.667. The molecular weight excluding hydrogens is 246 g/mol. The Morgan fingerprint density at radius 1 is 1.30 bits per heavy atom. The number of benzene rings is 1. The minimum absolute atomic E-state index is 0.409. The molecule has 0 spiro atoms. The Hall–Kier alpha value is -1.02. The standard InChI is InChI=1S/C18H29NO/c1-4-10-19-13-16-11-15(3)8-9-18(16)20-17-7-5-6-14(2)12-17/h8-9,11,14,17,19H,4-7,10,12-13H2,1-3H3. The van der Waals surface area contributed by atoms with Crippen molar-refractivity contribution in [2.75, 3.05) is 6.54 Å². The molecule has 0 amide bonds. The van der Waals surface area contributed by atoms with Crippen LogP contribution in [0.4, 0.5) is 0 Å². The summed E-state index contributed by atoms with van der Waals surface area (Å²) >= 11 is 0. The summed E-state index contributed by atoms with van der Waals surface area (Å²) < 4.78 is 6.30. The molecule has 1 fully saturated rings. The first-order valence-corrected chi connectivity index (χ1v) is 8.16. The second kappa shape index (κ2) is 7.68. The van der Waals surface area contributed by atoms with Gasteiger partial charge in [0.15, 0.2) is 0 Å². The van der Waals surface area contributed by atoms with Gasteiger partial charge in [0, 0.05) is 12.1 Å². The SMILES string of the molecule is CCCNCc1cc(C)ccc1OC1CCCC(C)C1. The van der Waals surface area contributed by atoms with Gasteiger partial charge >= 0.3 is 0 Å². The van der Waals surface area contributed by atoms with Crippen molar-refractivity contribution < 1.29 is 4.74 Å². The third-order valence-corrected chi connectivity index (χ3v) is 4.14. The monoisotopic (exact) mass is 275 g/mol. The molecule has 0 radical (unpaired) electrons. The predicted molar refractivity (Wildman–Crippen MR) is 85.2 cm³/mol. The number of hydrogen-bond acceptors (Lipinski definition) is 2. The topological polar surface area (TPSA) is 21.3 Å². The highest BCUT2D eigenvalue weighted by Crippen LogP contribution is 2.29. The first-order valence-electron chi connectivity index (χ1n) is 8.16. The molecule has 1 aromatic rings. The fourth-order valence-corrected chi connectivity index (χ4v) is 3.03. The predicted octanol–water partition coefficient (Wildman–Crippen LogP) is 4.45. The molecule has 0 saturated heterocycles. The molecule has 1 aliphatic rings. The fourth-order valence-electron chi connectivity index (χ4n) is 3.03. The maximum Gasteiger partial charge on any atom is 0.124 e. The van der Waals surface area contributed by atoms with Gasteiger partial charge in [0.05, 0.1) is 6.10 Å². The molecule has 2 heteroatoms. The van der Waals surface area contributed by atoms with E-state index in [9.17, 15) is 0 Å². The van der Waals surface area contributed by atoms with Gasteiger partial charge in [-0.05, 0) is 51.1 Å². The second-order valence-electron chi connectivity index (χ2n) is 6.30. The number of aryl methyl sites for hydroxylation is 1. The third kappa shape index (κ3) is 4.52. The van der Waals surface area contributed by atoms with Crippen molar-refractivity contribution in [2.24, 2.45) is 5.92 Å². The number of nitrogens with one attached hydrogen (secondary N) is 1. The lowest BCUT2D eigenvalue weighted by molar-refractivity contribution is 0.128. The van der Waals surface area contributed by atoms with Crippen LogP contribution in [-0.2, 0) is 6.54 Å². The first-order chi connectivity index (χ1) is 9.69. The third-order valence-electron chi connectivity index (χ3n) is 4.14. The van der Waals surface area contributed by atoms with Crippen LogP contribution in [0.3, 0.4) is 0 Å². The summed E-state index contributed by atoms with van der Waals surface area (Å²) in [6, 6.07) is 6.56. The zero-order valence-electron chi connectivity index (χ0n) is 13.2. The normalized spacial score (nSPS) is 22.8. The zero-order valence-corrected chi connectivity index (χ0v) is 13.2. The van der Waals surface area contributed by atoms with Crippen molar-refractivity contribution >= 4 is 0 Å². The van der Waals surface area contributed by atoms with E-state index in [-0.39, 0.29) is 0 Å². The van der Waals surface area contributed by atoms with Crippen LogP contribution in [0.25, 0.3) is 0 Å². The molecule has 112 valence electrons. The van der Waals surface area contributed by atoms with Gasteiger partial charge in [0.2, 0.25) is 0 Å². The van der Waals surface area contributed by atoms with Crippen LogP contribution >= 0.6 is 0 Å². The quantitative estimate of drug-likeness (QED) is 0.774. The van der Waals surface area contributed by atoms with Crippen molar-refractivity contribution in [3.8, 4) is 5.75 Å². The molecule has 1 aromatic carbocycles. The molecule has 20 heavy (non-hydrogen) atoms. The molecule has 1 aliphatic carbocycles. The van der Waals surface area contributed by atoms with Crippen molar-refractivity contribution in [1.29, 1.82) is 0 Å². The smallest absolute Gasteiger partial charge is 0.124 e. The molecule has 2 atom stereocenters. The highest BCUT2D eigenvalue weighted by atomic mass is 16.5. The van der Waals surface area contributed by atoms with Crippen LogP contribution in [-0.4, -0.2) is 12.6 Å². The van der Waals surface area contributed by atoms with E-state index in [0.29, 0.717) is 6.10 Å². The molecule has 2 rings (SSSR count). The van der Waals surface area contributed by atoms with E-state index < -0.39 is 0 Å². The Balaban J connectivity index is 2.01. The Labute approximate surface area is 123 Å². The maximum absolute atomic E-state index is 6.30. The van der Waals surface area contributed by atoms with Crippen molar-refractivity contribution in [3.63, 3.8) is 0 Å². The van der Waals surface area contributed by atoms with E-state index in [1.165, 1.54) is 43.2 Å². The van der Waals surface area contributed by atoms with E-state index in [2.05, 4.69) is 44.3 Å². The molecule has 0 bridgehead atoms. The zero-order chi connectivity index (χ0) is 14.4. The van der Waals surface area contributed by atoms with Gasteiger partial charge in [0.1, 0.15) is 5.75 Å². The molecule has 2 nitrogen and oxygen atoms in total. The van der Waals surface area contributed by atoms with Crippen LogP contribution in [0, 0.1) is 12.8 Å². The summed E-state index contributed by atoms with van der Waals surface area (Å²) in [5, 5.41) is 3.48. The molecule has 1 N–H and O–H groups in total. The summed E-state index contributed by atoms with van der Waals surface area (Å²) in [5.41, 5.74) is 2.61. The number of ether oxygens (including phenoxy) is 1. The Bertz CT molecular complexity index is 416. The van der Waals surface area contributed by atoms with E-state index in [0.717, 1.165) is 24.8 Å². The highest BCUT2D eigenvalue weighted by Gasteiger charge is 2.21. The van der Waals surface area contributed by atoms with E-state index >= 15 is 0 Å². The summed E-state index contributed by atoms with van der Waals surface area (Å²) in [6.45, 7) is 8.66. The van der Waals surface area contributed by atoms with Crippen molar-refractivity contribution in [1.82, 2.24) is 5.32 Å². The molecule has 2 unspecified atom stereocenters. The Kier molecular flexibility index (Phi) is 5.90. The van der Waals surface area contributed by atoms with Crippen LogP contribution in [0.15, 0.2) is 18.2 Å². The van der Waals surface area contributed by atoms with Crippen LogP contribution in [0.2, 0.25) is 0 Å². The minimum atomic E-state index is 0.409. The highest BCUT2D eigenvalue weighted by molar-refractivity contribution is 5.37. The lowest BCUT2D eigenvalue weighted by atomic mass is 9.88. The van der Waals surface area contributed by atoms with Crippen molar-refractivity contribution in [3.05, 3.63) is 29.3 Å². The van der Waals surface area contributed by atoms with E-state index in [4.69, 9.17) is 4.74 Å². The molecule has 0 aromatic heterocycles. The molecular formula is C18H29NO. The van der Waals surface area contributed by atoms with E-state index in [1.54, 1.807) is 0 Å². The second-order valence-corrected chi connectivity index (χ2v) is 6.30. The van der Waals surface area contributed by atoms with E-state index in [1.807, 2.05) is 0 Å². The summed E-state index contributed by atoms with van der Waals surface area (Å²) in [7, 11) is 0. The van der Waals surface area contributed by atoms with Gasteiger partial charge in [-0.25, -0.2) is 0 Å². The molecule has 1 saturated carbocycles. The summed E-state index contributed by atoms with van der Waals surface area (Å²) in [4.78, 5) is 0. The maximum atomic E-state index is 6.30. The van der Waals surface area contributed by atoms with Crippen LogP contribution in [0.5, 0.6) is 5.75 Å².